The van der Waals surface area contributed by atoms with Gasteiger partial charge < -0.3 is 10.5 Å². The van der Waals surface area contributed by atoms with Gasteiger partial charge in [-0.05, 0) is 62.4 Å². The van der Waals surface area contributed by atoms with E-state index in [1.165, 1.54) is 29.5 Å². The Morgan fingerprint density at radius 3 is 2.50 bits per heavy atom. The highest BCUT2D eigenvalue weighted by atomic mass is 16.5. The molecule has 0 radical (unpaired) electrons. The quantitative estimate of drug-likeness (QED) is 0.898. The molecular formula is C17H28N2O. The number of likely N-dealkylation sites (tertiary alicyclic amines) is 1. The summed E-state index contributed by atoms with van der Waals surface area (Å²) in [5, 5.41) is 0. The smallest absolute Gasteiger partial charge is 0.0491 e. The number of ether oxygens (including phenoxy) is 1. The lowest BCUT2D eigenvalue weighted by Crippen LogP contribution is -2.40. The molecule has 1 saturated heterocycles. The van der Waals surface area contributed by atoms with Gasteiger partial charge in [-0.25, -0.2) is 0 Å². The van der Waals surface area contributed by atoms with Gasteiger partial charge in [0.25, 0.3) is 0 Å². The molecule has 112 valence electrons. The van der Waals surface area contributed by atoms with Gasteiger partial charge in [-0.3, -0.25) is 4.90 Å². The minimum atomic E-state index is 0.359. The van der Waals surface area contributed by atoms with Crippen LogP contribution in [0.2, 0.25) is 0 Å². The van der Waals surface area contributed by atoms with Gasteiger partial charge in [0.2, 0.25) is 0 Å². The Hall–Kier alpha value is -0.900. The maximum absolute atomic E-state index is 6.05. The Kier molecular flexibility index (Phi) is 5.58. The molecule has 0 amide bonds. The second kappa shape index (κ2) is 7.21. The highest BCUT2D eigenvalue weighted by molar-refractivity contribution is 5.32. The summed E-state index contributed by atoms with van der Waals surface area (Å²) in [7, 11) is 1.80. The predicted molar refractivity (Wildman–Crippen MR) is 83.9 cm³/mol. The van der Waals surface area contributed by atoms with E-state index in [2.05, 4.69) is 36.9 Å². The summed E-state index contributed by atoms with van der Waals surface area (Å²) in [6, 6.07) is 7.11. The van der Waals surface area contributed by atoms with Crippen LogP contribution in [0.15, 0.2) is 18.2 Å². The fourth-order valence-electron chi connectivity index (χ4n) is 3.13. The summed E-state index contributed by atoms with van der Waals surface area (Å²) >= 11 is 0. The Morgan fingerprint density at radius 1 is 1.25 bits per heavy atom. The second-order valence-corrected chi connectivity index (χ2v) is 6.03. The molecule has 1 aromatic rings. The maximum Gasteiger partial charge on any atom is 0.0491 e. The zero-order chi connectivity index (χ0) is 14.5. The normalized spacial score (nSPS) is 19.2. The van der Waals surface area contributed by atoms with Crippen LogP contribution in [0.3, 0.4) is 0 Å². The first-order chi connectivity index (χ1) is 9.65. The van der Waals surface area contributed by atoms with Gasteiger partial charge in [0.15, 0.2) is 0 Å². The van der Waals surface area contributed by atoms with E-state index >= 15 is 0 Å². The third-order valence-electron chi connectivity index (χ3n) is 4.63. The van der Waals surface area contributed by atoms with Crippen molar-refractivity contribution in [3.63, 3.8) is 0 Å². The van der Waals surface area contributed by atoms with Gasteiger partial charge in [-0.2, -0.15) is 0 Å². The molecule has 0 saturated carbocycles. The lowest BCUT2D eigenvalue weighted by Gasteiger charge is -2.37. The summed E-state index contributed by atoms with van der Waals surface area (Å²) in [5.41, 5.74) is 10.1. The van der Waals surface area contributed by atoms with Crippen LogP contribution in [0.5, 0.6) is 0 Å². The standard InChI is InChI=1S/C17H28N2O/c1-13-4-5-16(10-14(13)2)17(11-18)19-8-6-15(7-9-19)12-20-3/h4-5,10,15,17H,6-9,11-12,18H2,1-3H3. The first kappa shape index (κ1) is 15.5. The van der Waals surface area contributed by atoms with Gasteiger partial charge >= 0.3 is 0 Å². The van der Waals surface area contributed by atoms with Gasteiger partial charge in [0.1, 0.15) is 0 Å². The number of piperidine rings is 1. The van der Waals surface area contributed by atoms with E-state index in [9.17, 15) is 0 Å². The van der Waals surface area contributed by atoms with E-state index in [-0.39, 0.29) is 0 Å². The summed E-state index contributed by atoms with van der Waals surface area (Å²) < 4.78 is 5.27. The average Bonchev–Trinajstić information content (AvgIpc) is 2.46. The zero-order valence-electron chi connectivity index (χ0n) is 13.1. The predicted octanol–water partition coefficient (Wildman–Crippen LogP) is 2.66. The molecule has 20 heavy (non-hydrogen) atoms. The van der Waals surface area contributed by atoms with Gasteiger partial charge in [0, 0.05) is 26.3 Å². The molecule has 1 heterocycles. The molecule has 1 fully saturated rings. The largest absolute Gasteiger partial charge is 0.384 e. The molecular weight excluding hydrogens is 248 g/mol. The van der Waals surface area contributed by atoms with Crippen molar-refractivity contribution in [1.82, 2.24) is 4.90 Å². The van der Waals surface area contributed by atoms with Gasteiger partial charge in [0.05, 0.1) is 0 Å². The van der Waals surface area contributed by atoms with Crippen LogP contribution < -0.4 is 5.73 Å². The van der Waals surface area contributed by atoms with Crippen LogP contribution in [0, 0.1) is 19.8 Å². The first-order valence-corrected chi connectivity index (χ1v) is 7.66. The lowest BCUT2D eigenvalue weighted by atomic mass is 9.94. The number of nitrogens with zero attached hydrogens (tertiary/aromatic N) is 1. The molecule has 0 bridgehead atoms. The maximum atomic E-state index is 6.05. The van der Waals surface area contributed by atoms with Crippen molar-refractivity contribution in [2.24, 2.45) is 11.7 Å². The second-order valence-electron chi connectivity index (χ2n) is 6.03. The third-order valence-corrected chi connectivity index (χ3v) is 4.63. The molecule has 1 aliphatic heterocycles. The van der Waals surface area contributed by atoms with Crippen molar-refractivity contribution >= 4 is 0 Å². The fraction of sp³-hybridized carbons (Fsp3) is 0.647. The third kappa shape index (κ3) is 3.60. The lowest BCUT2D eigenvalue weighted by molar-refractivity contribution is 0.0810. The van der Waals surface area contributed by atoms with Crippen molar-refractivity contribution in [2.75, 3.05) is 33.4 Å². The summed E-state index contributed by atoms with van der Waals surface area (Å²) in [6.07, 6.45) is 2.43. The Bertz CT molecular complexity index is 425. The molecule has 0 spiro atoms. The van der Waals surface area contributed by atoms with Crippen LogP contribution in [-0.2, 0) is 4.74 Å². The summed E-state index contributed by atoms with van der Waals surface area (Å²) in [6.45, 7) is 8.18. The minimum absolute atomic E-state index is 0.359. The van der Waals surface area contributed by atoms with E-state index in [0.717, 1.165) is 25.6 Å². The molecule has 0 aliphatic carbocycles. The molecule has 3 heteroatoms. The highest BCUT2D eigenvalue weighted by Gasteiger charge is 2.25. The Labute approximate surface area is 123 Å². The number of benzene rings is 1. The molecule has 1 aromatic carbocycles. The van der Waals surface area contributed by atoms with Crippen molar-refractivity contribution < 1.29 is 4.74 Å². The van der Waals surface area contributed by atoms with Crippen LogP contribution in [0.25, 0.3) is 0 Å². The van der Waals surface area contributed by atoms with E-state index in [4.69, 9.17) is 10.5 Å². The molecule has 3 nitrogen and oxygen atoms in total. The molecule has 1 unspecified atom stereocenters. The van der Waals surface area contributed by atoms with E-state index < -0.39 is 0 Å². The number of rotatable bonds is 5. The number of nitrogens with two attached hydrogens (primary N) is 1. The average molecular weight is 276 g/mol. The SMILES string of the molecule is COCC1CCN(C(CN)c2ccc(C)c(C)c2)CC1. The van der Waals surface area contributed by atoms with Crippen LogP contribution in [0.4, 0.5) is 0 Å². The number of hydrogen-bond donors (Lipinski definition) is 1. The number of hydrogen-bond acceptors (Lipinski definition) is 3. The van der Waals surface area contributed by atoms with Crippen LogP contribution in [-0.4, -0.2) is 38.3 Å². The Morgan fingerprint density at radius 2 is 1.95 bits per heavy atom. The van der Waals surface area contributed by atoms with Crippen molar-refractivity contribution in [2.45, 2.75) is 32.7 Å². The number of methoxy groups -OCH3 is 1. The number of aryl methyl sites for hydroxylation is 2. The Balaban J connectivity index is 2.03. The monoisotopic (exact) mass is 276 g/mol. The topological polar surface area (TPSA) is 38.5 Å². The minimum Gasteiger partial charge on any atom is -0.384 e. The van der Waals surface area contributed by atoms with Crippen LogP contribution >= 0.6 is 0 Å². The van der Waals surface area contributed by atoms with E-state index in [0.29, 0.717) is 12.6 Å². The molecule has 0 aromatic heterocycles. The van der Waals surface area contributed by atoms with Crippen molar-refractivity contribution in [3.05, 3.63) is 34.9 Å². The van der Waals surface area contributed by atoms with E-state index in [1.807, 2.05) is 0 Å². The highest BCUT2D eigenvalue weighted by Crippen LogP contribution is 2.27. The van der Waals surface area contributed by atoms with E-state index in [1.54, 1.807) is 7.11 Å². The van der Waals surface area contributed by atoms with Crippen molar-refractivity contribution in [3.8, 4) is 0 Å². The zero-order valence-corrected chi connectivity index (χ0v) is 13.1. The van der Waals surface area contributed by atoms with Crippen LogP contribution in [0.1, 0.15) is 35.6 Å². The molecule has 2 rings (SSSR count). The summed E-state index contributed by atoms with van der Waals surface area (Å²) in [5.74, 6) is 0.717. The van der Waals surface area contributed by atoms with Gasteiger partial charge in [-0.15, -0.1) is 0 Å². The first-order valence-electron chi connectivity index (χ1n) is 7.66. The van der Waals surface area contributed by atoms with Gasteiger partial charge in [-0.1, -0.05) is 18.2 Å². The molecule has 2 N–H and O–H groups in total. The summed E-state index contributed by atoms with van der Waals surface area (Å²) in [4.78, 5) is 2.54. The molecule has 1 atom stereocenters. The fourth-order valence-corrected chi connectivity index (χ4v) is 3.13. The molecule has 1 aliphatic rings. The van der Waals surface area contributed by atoms with Crippen molar-refractivity contribution in [1.29, 1.82) is 0 Å².